The molecule has 0 spiro atoms. The normalized spacial score (nSPS) is 11.3. The molecular weight excluding hydrogens is 382 g/mol. The summed E-state index contributed by atoms with van der Waals surface area (Å²) in [6, 6.07) is 14.8. The molecule has 0 saturated heterocycles. The third-order valence-corrected chi connectivity index (χ3v) is 6.73. The lowest BCUT2D eigenvalue weighted by atomic mass is 10.1. The van der Waals surface area contributed by atoms with Crippen LogP contribution in [0.4, 0.5) is 0 Å². The van der Waals surface area contributed by atoms with Crippen LogP contribution in [0.15, 0.2) is 59.5 Å². The summed E-state index contributed by atoms with van der Waals surface area (Å²) in [6.07, 6.45) is 0. The number of carbonyl (C=O) groups is 1. The van der Waals surface area contributed by atoms with Crippen molar-refractivity contribution in [2.24, 2.45) is 0 Å². The topological polar surface area (TPSA) is 73.3 Å². The molecule has 5 nitrogen and oxygen atoms in total. The molecule has 3 aromatic rings. The van der Waals surface area contributed by atoms with Crippen LogP contribution in [0.25, 0.3) is 0 Å². The molecule has 0 aliphatic carbocycles. The molecule has 1 heterocycles. The van der Waals surface area contributed by atoms with Crippen molar-refractivity contribution in [2.45, 2.75) is 31.1 Å². The van der Waals surface area contributed by atoms with E-state index in [0.29, 0.717) is 11.1 Å². The Balaban J connectivity index is 1.64. The van der Waals surface area contributed by atoms with E-state index in [1.54, 1.807) is 54.6 Å². The minimum Gasteiger partial charge on any atom is -0.456 e. The van der Waals surface area contributed by atoms with Gasteiger partial charge in [-0.05, 0) is 43.7 Å². The third kappa shape index (κ3) is 4.81. The van der Waals surface area contributed by atoms with Crippen LogP contribution in [-0.2, 0) is 26.9 Å². The van der Waals surface area contributed by atoms with Gasteiger partial charge in [-0.1, -0.05) is 30.3 Å². The summed E-state index contributed by atoms with van der Waals surface area (Å²) in [5, 5.41) is 0.933. The SMILES string of the molecule is Cc1nc(C)c(COC(=O)c2ccc(CS(=O)(=O)c3ccccc3)cc2)s1. The van der Waals surface area contributed by atoms with Gasteiger partial charge in [0.25, 0.3) is 0 Å². The molecule has 0 bridgehead atoms. The van der Waals surface area contributed by atoms with Gasteiger partial charge in [-0.25, -0.2) is 18.2 Å². The molecule has 0 unspecified atom stereocenters. The molecule has 0 aliphatic heterocycles. The van der Waals surface area contributed by atoms with Crippen molar-refractivity contribution in [2.75, 3.05) is 0 Å². The molecule has 7 heteroatoms. The van der Waals surface area contributed by atoms with E-state index in [1.807, 2.05) is 13.8 Å². The highest BCUT2D eigenvalue weighted by molar-refractivity contribution is 7.90. The maximum atomic E-state index is 12.4. The van der Waals surface area contributed by atoms with Crippen LogP contribution in [-0.4, -0.2) is 19.4 Å². The maximum absolute atomic E-state index is 12.4. The number of esters is 1. The molecule has 2 aromatic carbocycles. The fourth-order valence-corrected chi connectivity index (χ4v) is 4.81. The van der Waals surface area contributed by atoms with Crippen molar-refractivity contribution in [3.8, 4) is 0 Å². The molecule has 27 heavy (non-hydrogen) atoms. The highest BCUT2D eigenvalue weighted by Crippen LogP contribution is 2.20. The van der Waals surface area contributed by atoms with Gasteiger partial charge in [-0.3, -0.25) is 0 Å². The molecule has 3 rings (SSSR count). The quantitative estimate of drug-likeness (QED) is 0.582. The number of sulfone groups is 1. The first-order valence-corrected chi connectivity index (χ1v) is 10.8. The van der Waals surface area contributed by atoms with Gasteiger partial charge in [-0.15, -0.1) is 11.3 Å². The van der Waals surface area contributed by atoms with Gasteiger partial charge >= 0.3 is 5.97 Å². The Morgan fingerprint density at radius 2 is 1.70 bits per heavy atom. The Morgan fingerprint density at radius 1 is 1.04 bits per heavy atom. The van der Waals surface area contributed by atoms with Crippen molar-refractivity contribution in [3.05, 3.63) is 81.3 Å². The van der Waals surface area contributed by atoms with Gasteiger partial charge in [0.2, 0.25) is 0 Å². The van der Waals surface area contributed by atoms with E-state index in [0.717, 1.165) is 15.6 Å². The van der Waals surface area contributed by atoms with Crippen molar-refractivity contribution in [1.29, 1.82) is 0 Å². The van der Waals surface area contributed by atoms with Crippen LogP contribution in [0.5, 0.6) is 0 Å². The van der Waals surface area contributed by atoms with E-state index in [9.17, 15) is 13.2 Å². The van der Waals surface area contributed by atoms with Gasteiger partial charge < -0.3 is 4.74 Å². The van der Waals surface area contributed by atoms with E-state index in [4.69, 9.17) is 4.74 Å². The van der Waals surface area contributed by atoms with Crippen LogP contribution in [0.3, 0.4) is 0 Å². The number of rotatable bonds is 6. The average molecular weight is 402 g/mol. The first kappa shape index (κ1) is 19.3. The lowest BCUT2D eigenvalue weighted by Crippen LogP contribution is -2.07. The van der Waals surface area contributed by atoms with Gasteiger partial charge in [0, 0.05) is 0 Å². The predicted octanol–water partition coefficient (Wildman–Crippen LogP) is 4.09. The van der Waals surface area contributed by atoms with E-state index >= 15 is 0 Å². The van der Waals surface area contributed by atoms with Crippen molar-refractivity contribution in [1.82, 2.24) is 4.98 Å². The molecule has 0 N–H and O–H groups in total. The second kappa shape index (κ2) is 8.02. The Labute approximate surface area is 162 Å². The Bertz CT molecular complexity index is 1040. The van der Waals surface area contributed by atoms with Gasteiger partial charge in [-0.2, -0.15) is 0 Å². The zero-order valence-corrected chi connectivity index (χ0v) is 16.6. The van der Waals surface area contributed by atoms with Crippen LogP contribution in [0, 0.1) is 13.8 Å². The van der Waals surface area contributed by atoms with Crippen molar-refractivity contribution in [3.63, 3.8) is 0 Å². The molecule has 1 aromatic heterocycles. The summed E-state index contributed by atoms with van der Waals surface area (Å²) in [6.45, 7) is 3.97. The largest absolute Gasteiger partial charge is 0.456 e. The van der Waals surface area contributed by atoms with Gasteiger partial charge in [0.05, 0.1) is 31.8 Å². The van der Waals surface area contributed by atoms with Crippen LogP contribution < -0.4 is 0 Å². The van der Waals surface area contributed by atoms with E-state index in [1.165, 1.54) is 11.3 Å². The van der Waals surface area contributed by atoms with Crippen molar-refractivity contribution < 1.29 is 17.9 Å². The molecule has 0 aliphatic rings. The fourth-order valence-electron chi connectivity index (χ4n) is 2.59. The molecular formula is C20H19NO4S2. The number of carbonyl (C=O) groups excluding carboxylic acids is 1. The number of aryl methyl sites for hydroxylation is 2. The van der Waals surface area contributed by atoms with Gasteiger partial charge in [0.1, 0.15) is 6.61 Å². The fraction of sp³-hybridized carbons (Fsp3) is 0.200. The molecule has 0 fully saturated rings. The third-order valence-electron chi connectivity index (χ3n) is 3.98. The number of ether oxygens (including phenoxy) is 1. The van der Waals surface area contributed by atoms with Gasteiger partial charge in [0.15, 0.2) is 9.84 Å². The number of nitrogens with zero attached hydrogens (tertiary/aromatic N) is 1. The minimum absolute atomic E-state index is 0.119. The standard InChI is InChI=1S/C20H19NO4S2/c1-14-19(26-15(2)21-14)12-25-20(22)17-10-8-16(9-11-17)13-27(23,24)18-6-4-3-5-7-18/h3-11H,12-13H2,1-2H3. The van der Waals surface area contributed by atoms with E-state index in [-0.39, 0.29) is 17.3 Å². The summed E-state index contributed by atoms with van der Waals surface area (Å²) in [4.78, 5) is 17.7. The maximum Gasteiger partial charge on any atom is 0.338 e. The first-order valence-electron chi connectivity index (χ1n) is 8.32. The van der Waals surface area contributed by atoms with E-state index < -0.39 is 15.8 Å². The number of hydrogen-bond acceptors (Lipinski definition) is 6. The van der Waals surface area contributed by atoms with Crippen LogP contribution in [0.2, 0.25) is 0 Å². The number of hydrogen-bond donors (Lipinski definition) is 0. The summed E-state index contributed by atoms with van der Waals surface area (Å²) in [5.41, 5.74) is 1.87. The molecule has 0 amide bonds. The molecule has 0 radical (unpaired) electrons. The second-order valence-corrected chi connectivity index (χ2v) is 9.36. The minimum atomic E-state index is -3.42. The molecule has 0 atom stereocenters. The summed E-state index contributed by atoms with van der Waals surface area (Å²) >= 11 is 1.50. The predicted molar refractivity (Wildman–Crippen MR) is 104 cm³/mol. The van der Waals surface area contributed by atoms with Crippen LogP contribution in [0.1, 0.15) is 31.5 Å². The number of thiazole rings is 1. The zero-order chi connectivity index (χ0) is 19.4. The highest BCUT2D eigenvalue weighted by Gasteiger charge is 2.16. The van der Waals surface area contributed by atoms with E-state index in [2.05, 4.69) is 4.98 Å². The summed E-state index contributed by atoms with van der Waals surface area (Å²) in [5.74, 6) is -0.566. The lowest BCUT2D eigenvalue weighted by Gasteiger charge is -2.07. The molecule has 0 saturated carbocycles. The first-order chi connectivity index (χ1) is 12.8. The average Bonchev–Trinajstić information content (AvgIpc) is 2.98. The lowest BCUT2D eigenvalue weighted by molar-refractivity contribution is 0.0476. The number of benzene rings is 2. The number of aromatic nitrogens is 1. The Morgan fingerprint density at radius 3 is 2.30 bits per heavy atom. The summed E-state index contributed by atoms with van der Waals surface area (Å²) < 4.78 is 30.2. The Kier molecular flexibility index (Phi) is 5.72. The highest BCUT2D eigenvalue weighted by atomic mass is 32.2. The monoisotopic (exact) mass is 401 g/mol. The second-order valence-electron chi connectivity index (χ2n) is 6.09. The zero-order valence-electron chi connectivity index (χ0n) is 15.0. The smallest absolute Gasteiger partial charge is 0.338 e. The van der Waals surface area contributed by atoms with Crippen LogP contribution >= 0.6 is 11.3 Å². The molecule has 140 valence electrons. The summed E-state index contributed by atoms with van der Waals surface area (Å²) in [7, 11) is -3.42. The van der Waals surface area contributed by atoms with Crippen molar-refractivity contribution >= 4 is 27.1 Å². The Hall–Kier alpha value is -2.51.